The summed E-state index contributed by atoms with van der Waals surface area (Å²) in [5.74, 6) is 0. The first-order valence-electron chi connectivity index (χ1n) is 13.3. The Morgan fingerprint density at radius 1 is 0.636 bits per heavy atom. The Kier molecular flexibility index (Phi) is 19.8. The van der Waals surface area contributed by atoms with E-state index in [2.05, 4.69) is 34.6 Å². The summed E-state index contributed by atoms with van der Waals surface area (Å²) < 4.78 is 34.2. The van der Waals surface area contributed by atoms with Crippen LogP contribution >= 0.6 is 0 Å². The van der Waals surface area contributed by atoms with E-state index < -0.39 is 10.4 Å². The van der Waals surface area contributed by atoms with Gasteiger partial charge in [0, 0.05) is 0 Å². The molecule has 0 heterocycles. The van der Waals surface area contributed by atoms with Gasteiger partial charge < -0.3 is 4.48 Å². The zero-order chi connectivity index (χ0) is 24.8. The van der Waals surface area contributed by atoms with Crippen LogP contribution in [0.4, 0.5) is 0 Å². The molecule has 0 aliphatic carbocycles. The maximum absolute atomic E-state index is 11.6. The molecule has 0 N–H and O–H groups in total. The number of benzene rings is 1. The van der Waals surface area contributed by atoms with E-state index in [4.69, 9.17) is 8.37 Å². The van der Waals surface area contributed by atoms with Gasteiger partial charge in [0.05, 0.1) is 39.4 Å². The molecule has 0 aromatic heterocycles. The lowest BCUT2D eigenvalue weighted by molar-refractivity contribution is -0.921. The summed E-state index contributed by atoms with van der Waals surface area (Å²) in [5, 5.41) is 0. The molecule has 0 radical (unpaired) electrons. The van der Waals surface area contributed by atoms with Crippen LogP contribution in [0.5, 0.6) is 0 Å². The van der Waals surface area contributed by atoms with Crippen molar-refractivity contribution in [3.8, 4) is 0 Å². The van der Waals surface area contributed by atoms with Gasteiger partial charge >= 0.3 is 10.4 Å². The molecule has 33 heavy (non-hydrogen) atoms. The fourth-order valence-electron chi connectivity index (χ4n) is 3.84. The molecular weight excluding hydrogens is 434 g/mol. The van der Waals surface area contributed by atoms with Crippen LogP contribution in [-0.4, -0.2) is 45.7 Å². The number of unbranched alkanes of at least 4 members (excludes halogenated alkanes) is 9. The Labute approximate surface area is 205 Å². The van der Waals surface area contributed by atoms with Crippen molar-refractivity contribution in [3.05, 3.63) is 35.9 Å². The van der Waals surface area contributed by atoms with E-state index in [1.54, 1.807) is 0 Å². The molecule has 0 aliphatic rings. The third-order valence-corrected chi connectivity index (χ3v) is 7.48. The molecule has 5 nitrogen and oxygen atoms in total. The van der Waals surface area contributed by atoms with Gasteiger partial charge in [-0.15, -0.1) is 0 Å². The summed E-state index contributed by atoms with van der Waals surface area (Å²) >= 11 is 0. The molecule has 0 bridgehead atoms. The third kappa shape index (κ3) is 17.2. The number of hydrogen-bond acceptors (Lipinski definition) is 4. The van der Waals surface area contributed by atoms with E-state index in [1.807, 2.05) is 30.3 Å². The summed E-state index contributed by atoms with van der Waals surface area (Å²) in [7, 11) is -3.89. The van der Waals surface area contributed by atoms with E-state index in [1.165, 1.54) is 75.6 Å². The van der Waals surface area contributed by atoms with Gasteiger partial charge in [-0.2, -0.15) is 8.42 Å². The second-order valence-electron chi connectivity index (χ2n) is 8.77. The first kappa shape index (κ1) is 32.0. The summed E-state index contributed by atoms with van der Waals surface area (Å²) in [4.78, 5) is 0. The normalized spacial score (nSPS) is 11.8. The lowest BCUT2D eigenvalue weighted by atomic mass is 10.1. The summed E-state index contributed by atoms with van der Waals surface area (Å²) in [6.45, 7) is 16.7. The molecule has 194 valence electrons. The SMILES string of the molecule is CCCCCCCCCCCCOS(=O)(=O)OCc1ccccc1.CC[N+](CC)(CC)CC. The summed E-state index contributed by atoms with van der Waals surface area (Å²) in [6.07, 6.45) is 12.1. The predicted octanol–water partition coefficient (Wildman–Crippen LogP) is 7.27. The first-order valence-corrected chi connectivity index (χ1v) is 14.6. The Balaban J connectivity index is 0.000000960. The van der Waals surface area contributed by atoms with Crippen LogP contribution < -0.4 is 0 Å². The van der Waals surface area contributed by atoms with Crippen molar-refractivity contribution in [3.63, 3.8) is 0 Å². The van der Waals surface area contributed by atoms with Crippen LogP contribution in [0.1, 0.15) is 104 Å². The largest absolute Gasteiger partial charge is 0.400 e. The van der Waals surface area contributed by atoms with Crippen LogP contribution in [0.3, 0.4) is 0 Å². The van der Waals surface area contributed by atoms with Gasteiger partial charge in [-0.3, -0.25) is 0 Å². The lowest BCUT2D eigenvalue weighted by Crippen LogP contribution is -2.47. The second kappa shape index (κ2) is 20.4. The van der Waals surface area contributed by atoms with E-state index in [-0.39, 0.29) is 13.2 Å². The molecule has 0 unspecified atom stereocenters. The third-order valence-electron chi connectivity index (χ3n) is 6.62. The Morgan fingerprint density at radius 3 is 1.52 bits per heavy atom. The minimum Gasteiger partial charge on any atom is -0.325 e. The average Bonchev–Trinajstić information content (AvgIpc) is 2.84. The highest BCUT2D eigenvalue weighted by atomic mass is 32.3. The Morgan fingerprint density at radius 2 is 1.09 bits per heavy atom. The number of quaternary nitrogens is 1. The van der Waals surface area contributed by atoms with Crippen LogP contribution in [0.15, 0.2) is 30.3 Å². The van der Waals surface area contributed by atoms with Gasteiger partial charge in [0.1, 0.15) is 0 Å². The van der Waals surface area contributed by atoms with Gasteiger partial charge in [-0.1, -0.05) is 95.0 Å². The molecular formula is C27H52NO4S+. The van der Waals surface area contributed by atoms with Crippen molar-refractivity contribution in [2.75, 3.05) is 32.8 Å². The smallest absolute Gasteiger partial charge is 0.325 e. The molecule has 0 spiro atoms. The minimum atomic E-state index is -3.89. The molecule has 0 amide bonds. The monoisotopic (exact) mass is 486 g/mol. The topological polar surface area (TPSA) is 52.6 Å². The number of hydrogen-bond donors (Lipinski definition) is 0. The quantitative estimate of drug-likeness (QED) is 0.152. The van der Waals surface area contributed by atoms with Crippen LogP contribution in [0.2, 0.25) is 0 Å². The van der Waals surface area contributed by atoms with Crippen LogP contribution in [0.25, 0.3) is 0 Å². The van der Waals surface area contributed by atoms with Gasteiger partial charge in [0.15, 0.2) is 0 Å². The van der Waals surface area contributed by atoms with Gasteiger partial charge in [-0.25, -0.2) is 8.37 Å². The van der Waals surface area contributed by atoms with Crippen molar-refractivity contribution in [1.29, 1.82) is 0 Å². The fourth-order valence-corrected chi connectivity index (χ4v) is 4.51. The molecule has 0 fully saturated rings. The van der Waals surface area contributed by atoms with Crippen LogP contribution in [-0.2, 0) is 25.4 Å². The predicted molar refractivity (Wildman–Crippen MR) is 140 cm³/mol. The average molecular weight is 487 g/mol. The van der Waals surface area contributed by atoms with E-state index in [0.717, 1.165) is 24.8 Å². The summed E-state index contributed by atoms with van der Waals surface area (Å²) in [5.41, 5.74) is 0.809. The number of rotatable bonds is 19. The van der Waals surface area contributed by atoms with Gasteiger partial charge in [0.25, 0.3) is 0 Å². The highest BCUT2D eigenvalue weighted by Crippen LogP contribution is 2.11. The molecule has 6 heteroatoms. The zero-order valence-electron chi connectivity index (χ0n) is 22.2. The molecule has 0 aliphatic heterocycles. The summed E-state index contributed by atoms with van der Waals surface area (Å²) in [6, 6.07) is 9.20. The molecule has 0 atom stereocenters. The van der Waals surface area contributed by atoms with Gasteiger partial charge in [-0.05, 0) is 39.7 Å². The molecule has 0 saturated carbocycles. The second-order valence-corrected chi connectivity index (χ2v) is 10.1. The van der Waals surface area contributed by atoms with E-state index >= 15 is 0 Å². The van der Waals surface area contributed by atoms with Crippen molar-refractivity contribution >= 4 is 10.4 Å². The molecule has 1 aromatic rings. The minimum absolute atomic E-state index is 0.0151. The Hall–Kier alpha value is -0.950. The maximum Gasteiger partial charge on any atom is 0.400 e. The fraction of sp³-hybridized carbons (Fsp3) is 0.778. The maximum atomic E-state index is 11.6. The van der Waals surface area contributed by atoms with Crippen molar-refractivity contribution in [2.45, 2.75) is 105 Å². The van der Waals surface area contributed by atoms with E-state index in [9.17, 15) is 8.42 Å². The first-order chi connectivity index (χ1) is 15.9. The van der Waals surface area contributed by atoms with Gasteiger partial charge in [0.2, 0.25) is 0 Å². The van der Waals surface area contributed by atoms with E-state index in [0.29, 0.717) is 0 Å². The number of nitrogens with zero attached hydrogens (tertiary/aromatic N) is 1. The highest BCUT2D eigenvalue weighted by Gasteiger charge is 2.16. The molecule has 1 aromatic carbocycles. The van der Waals surface area contributed by atoms with Crippen LogP contribution in [0, 0.1) is 0 Å². The lowest BCUT2D eigenvalue weighted by Gasteiger charge is -2.34. The van der Waals surface area contributed by atoms with Crippen molar-refractivity contribution in [2.24, 2.45) is 0 Å². The standard InChI is InChI=1S/C19H32O4S.C8H20N/c1-2-3-4-5-6-7-8-9-10-14-17-22-24(20,21)23-18-19-15-12-11-13-16-19;1-5-9(6-2,7-3)8-4/h11-13,15-16H,2-10,14,17-18H2,1H3;5-8H2,1-4H3/q;+1. The Bertz CT molecular complexity index is 628. The molecule has 0 saturated heterocycles. The zero-order valence-corrected chi connectivity index (χ0v) is 23.0. The van der Waals surface area contributed by atoms with Crippen molar-refractivity contribution in [1.82, 2.24) is 0 Å². The highest BCUT2D eigenvalue weighted by molar-refractivity contribution is 7.81. The molecule has 1 rings (SSSR count). The van der Waals surface area contributed by atoms with Crippen molar-refractivity contribution < 1.29 is 21.3 Å².